The van der Waals surface area contributed by atoms with E-state index < -0.39 is 0 Å². The summed E-state index contributed by atoms with van der Waals surface area (Å²) in [7, 11) is 0. The van der Waals surface area contributed by atoms with Crippen molar-refractivity contribution < 1.29 is 18.7 Å². The summed E-state index contributed by atoms with van der Waals surface area (Å²) in [4.78, 5) is 29.8. The number of aromatic nitrogens is 3. The van der Waals surface area contributed by atoms with Gasteiger partial charge in [-0.1, -0.05) is 0 Å². The van der Waals surface area contributed by atoms with Crippen molar-refractivity contribution >= 4 is 45.0 Å². The van der Waals surface area contributed by atoms with Gasteiger partial charge in [0.25, 0.3) is 0 Å². The second kappa shape index (κ2) is 11.2. The Morgan fingerprint density at radius 3 is 1.47 bits per heavy atom. The van der Waals surface area contributed by atoms with Crippen molar-refractivity contribution in [1.29, 1.82) is 0 Å². The molecule has 2 amide bonds. The van der Waals surface area contributed by atoms with E-state index in [4.69, 9.17) is 4.98 Å². The molecular formula is C31H31N5O2+2. The predicted octanol–water partition coefficient (Wildman–Crippen LogP) is 4.64. The summed E-state index contributed by atoms with van der Waals surface area (Å²) in [6.45, 7) is 5.31. The first kappa shape index (κ1) is 25.0. The molecule has 0 fully saturated rings. The van der Waals surface area contributed by atoms with Crippen LogP contribution >= 0.6 is 0 Å². The number of fused-ring (bicyclic) bond motifs is 2. The maximum atomic E-state index is 12.5. The summed E-state index contributed by atoms with van der Waals surface area (Å²) in [5.41, 5.74) is 5.53. The van der Waals surface area contributed by atoms with Gasteiger partial charge < -0.3 is 10.6 Å². The monoisotopic (exact) mass is 505 g/mol. The lowest BCUT2D eigenvalue weighted by Crippen LogP contribution is -2.34. The summed E-state index contributed by atoms with van der Waals surface area (Å²) >= 11 is 0. The van der Waals surface area contributed by atoms with Gasteiger partial charge in [0.2, 0.25) is 11.8 Å². The van der Waals surface area contributed by atoms with Crippen molar-refractivity contribution in [3.8, 4) is 0 Å². The smallest absolute Gasteiger partial charge is 0.230 e. The molecule has 0 saturated heterocycles. The lowest BCUT2D eigenvalue weighted by atomic mass is 10.1. The number of aryl methyl sites for hydroxylation is 4. The molecule has 0 atom stereocenters. The standard InChI is InChI=1S/C31H29N5O2/c1-22-7-13-35(14-8-22)17-11-30(37)32-26-3-5-28-24(20-26)19-25-21-27(4-6-29(25)34-28)33-31(38)12-18-36-15-9-23(2)10-16-36/h3-10,13-16,19-21H,11-12,17-18H2,1-2H3/p+2. The number of nitrogens with one attached hydrogen (secondary N) is 2. The number of pyridine rings is 3. The van der Waals surface area contributed by atoms with Gasteiger partial charge in [0.05, 0.1) is 23.9 Å². The minimum atomic E-state index is -0.0417. The molecule has 0 unspecified atom stereocenters. The van der Waals surface area contributed by atoms with Crippen molar-refractivity contribution in [2.75, 3.05) is 10.6 Å². The molecule has 0 bridgehead atoms. The Morgan fingerprint density at radius 1 is 0.632 bits per heavy atom. The fourth-order valence-electron chi connectivity index (χ4n) is 4.27. The van der Waals surface area contributed by atoms with Gasteiger partial charge in [-0.05, 0) is 67.4 Å². The average Bonchev–Trinajstić information content (AvgIpc) is 2.91. The van der Waals surface area contributed by atoms with Crippen LogP contribution in [0.5, 0.6) is 0 Å². The third-order valence-electron chi connectivity index (χ3n) is 6.48. The van der Waals surface area contributed by atoms with Gasteiger partial charge in [0, 0.05) is 46.4 Å². The van der Waals surface area contributed by atoms with E-state index >= 15 is 0 Å². The first-order valence-electron chi connectivity index (χ1n) is 12.8. The molecule has 0 saturated carbocycles. The Hall–Kier alpha value is -4.65. The molecule has 5 aromatic rings. The minimum absolute atomic E-state index is 0.0417. The molecule has 0 aliphatic heterocycles. The van der Waals surface area contributed by atoms with Crippen molar-refractivity contribution in [2.45, 2.75) is 39.8 Å². The van der Waals surface area contributed by atoms with E-state index in [1.54, 1.807) is 0 Å². The van der Waals surface area contributed by atoms with E-state index in [0.29, 0.717) is 25.9 Å². The quantitative estimate of drug-likeness (QED) is 0.238. The highest BCUT2D eigenvalue weighted by Gasteiger charge is 2.10. The van der Waals surface area contributed by atoms with Crippen molar-refractivity contribution in [3.05, 3.63) is 103 Å². The van der Waals surface area contributed by atoms with Gasteiger partial charge in [-0.3, -0.25) is 9.59 Å². The molecule has 7 heteroatoms. The molecule has 2 N–H and O–H groups in total. The summed E-state index contributed by atoms with van der Waals surface area (Å²) in [5, 5.41) is 7.82. The van der Waals surface area contributed by atoms with Crippen LogP contribution in [0.4, 0.5) is 11.4 Å². The molecule has 5 rings (SSSR count). The number of carbonyl (C=O) groups is 2. The summed E-state index contributed by atoms with van der Waals surface area (Å²) in [6.07, 6.45) is 8.69. The van der Waals surface area contributed by atoms with Crippen LogP contribution in [0.25, 0.3) is 21.8 Å². The van der Waals surface area contributed by atoms with Gasteiger partial charge in [-0.25, -0.2) is 14.1 Å². The highest BCUT2D eigenvalue weighted by Crippen LogP contribution is 2.25. The Kier molecular flexibility index (Phi) is 7.35. The summed E-state index contributed by atoms with van der Waals surface area (Å²) < 4.78 is 4.00. The number of hydrogen-bond acceptors (Lipinski definition) is 3. The molecule has 190 valence electrons. The molecule has 7 nitrogen and oxygen atoms in total. The lowest BCUT2D eigenvalue weighted by molar-refractivity contribution is -0.696. The first-order valence-corrected chi connectivity index (χ1v) is 12.8. The second-order valence-corrected chi connectivity index (χ2v) is 9.63. The van der Waals surface area contributed by atoms with Crippen LogP contribution in [0, 0.1) is 13.8 Å². The lowest BCUT2D eigenvalue weighted by Gasteiger charge is -2.09. The highest BCUT2D eigenvalue weighted by molar-refractivity contribution is 5.99. The molecule has 0 spiro atoms. The van der Waals surface area contributed by atoms with Crippen molar-refractivity contribution in [2.24, 2.45) is 0 Å². The molecule has 2 aromatic carbocycles. The molecule has 0 aliphatic rings. The van der Waals surface area contributed by atoms with E-state index in [9.17, 15) is 9.59 Å². The number of carbonyl (C=O) groups excluding carboxylic acids is 2. The summed E-state index contributed by atoms with van der Waals surface area (Å²) in [5.74, 6) is -0.0834. The molecular weight excluding hydrogens is 474 g/mol. The van der Waals surface area contributed by atoms with E-state index in [1.807, 2.05) is 114 Å². The Labute approximate surface area is 221 Å². The van der Waals surface area contributed by atoms with E-state index in [-0.39, 0.29) is 11.8 Å². The second-order valence-electron chi connectivity index (χ2n) is 9.63. The number of nitrogens with zero attached hydrogens (tertiary/aromatic N) is 3. The maximum absolute atomic E-state index is 12.5. The van der Waals surface area contributed by atoms with Crippen molar-refractivity contribution in [1.82, 2.24) is 4.98 Å². The fourth-order valence-corrected chi connectivity index (χ4v) is 4.27. The van der Waals surface area contributed by atoms with Crippen LogP contribution in [-0.2, 0) is 22.7 Å². The van der Waals surface area contributed by atoms with E-state index in [2.05, 4.69) is 10.6 Å². The van der Waals surface area contributed by atoms with Gasteiger partial charge in [-0.2, -0.15) is 0 Å². The zero-order valence-electron chi connectivity index (χ0n) is 21.6. The number of rotatable bonds is 8. The zero-order chi connectivity index (χ0) is 26.5. The molecule has 3 heterocycles. The topological polar surface area (TPSA) is 78.8 Å². The number of hydrogen-bond donors (Lipinski definition) is 2. The molecule has 38 heavy (non-hydrogen) atoms. The zero-order valence-corrected chi connectivity index (χ0v) is 21.6. The highest BCUT2D eigenvalue weighted by atomic mass is 16.2. The van der Waals surface area contributed by atoms with Gasteiger partial charge >= 0.3 is 0 Å². The Morgan fingerprint density at radius 2 is 1.05 bits per heavy atom. The number of anilines is 2. The van der Waals surface area contributed by atoms with Crippen LogP contribution in [0.2, 0.25) is 0 Å². The molecule has 3 aromatic heterocycles. The first-order chi connectivity index (χ1) is 18.4. The fraction of sp³-hybridized carbons (Fsp3) is 0.194. The van der Waals surface area contributed by atoms with E-state index in [1.165, 1.54) is 11.1 Å². The maximum Gasteiger partial charge on any atom is 0.230 e. The average molecular weight is 506 g/mol. The Balaban J connectivity index is 1.24. The minimum Gasteiger partial charge on any atom is -0.326 e. The van der Waals surface area contributed by atoms with Crippen LogP contribution in [-0.4, -0.2) is 16.8 Å². The number of amides is 2. The third-order valence-corrected chi connectivity index (χ3v) is 6.48. The van der Waals surface area contributed by atoms with Crippen LogP contribution < -0.4 is 19.8 Å². The third kappa shape index (κ3) is 6.37. The number of benzene rings is 2. The molecule has 0 aliphatic carbocycles. The summed E-state index contributed by atoms with van der Waals surface area (Å²) in [6, 6.07) is 21.6. The predicted molar refractivity (Wildman–Crippen MR) is 148 cm³/mol. The van der Waals surface area contributed by atoms with Crippen LogP contribution in [0.3, 0.4) is 0 Å². The van der Waals surface area contributed by atoms with Gasteiger partial charge in [-0.15, -0.1) is 0 Å². The van der Waals surface area contributed by atoms with Gasteiger partial charge in [0.15, 0.2) is 37.9 Å². The molecule has 0 radical (unpaired) electrons. The SMILES string of the molecule is Cc1cc[n+](CCC(=O)Nc2ccc3nc4ccc(NC(=O)CC[n+]5ccc(C)cc5)cc4cc3c2)cc1. The van der Waals surface area contributed by atoms with Crippen molar-refractivity contribution in [3.63, 3.8) is 0 Å². The van der Waals surface area contributed by atoms with E-state index in [0.717, 1.165) is 33.2 Å². The van der Waals surface area contributed by atoms with Gasteiger partial charge in [0.1, 0.15) is 0 Å². The van der Waals surface area contributed by atoms with Crippen LogP contribution in [0.1, 0.15) is 24.0 Å². The normalized spacial score (nSPS) is 11.0. The Bertz CT molecular complexity index is 1490. The largest absolute Gasteiger partial charge is 0.326 e. The van der Waals surface area contributed by atoms with Crippen LogP contribution in [0.15, 0.2) is 91.5 Å².